The summed E-state index contributed by atoms with van der Waals surface area (Å²) in [6.07, 6.45) is 3.64. The number of rotatable bonds is 9. The molecule has 0 spiro atoms. The molecule has 31 heavy (non-hydrogen) atoms. The Morgan fingerprint density at radius 3 is 2.23 bits per heavy atom. The molecule has 0 aromatic heterocycles. The Bertz CT molecular complexity index is 1080. The summed E-state index contributed by atoms with van der Waals surface area (Å²) >= 11 is 12.1. The summed E-state index contributed by atoms with van der Waals surface area (Å²) in [6, 6.07) is 23.8. The van der Waals surface area contributed by atoms with Crippen LogP contribution in [0.4, 0.5) is 0 Å². The summed E-state index contributed by atoms with van der Waals surface area (Å²) in [7, 11) is 0. The lowest BCUT2D eigenvalue weighted by molar-refractivity contribution is -0.137. The molecule has 0 saturated carbocycles. The van der Waals surface area contributed by atoms with Gasteiger partial charge in [-0.15, -0.1) is 0 Å². The van der Waals surface area contributed by atoms with E-state index in [1.807, 2.05) is 60.7 Å². The van der Waals surface area contributed by atoms with Gasteiger partial charge in [-0.3, -0.25) is 9.59 Å². The number of hydrogen-bond acceptors (Lipinski definition) is 2. The Labute approximate surface area is 191 Å². The normalized spacial score (nSPS) is 13.1. The number of carboxylic acid groups (broad SMARTS) is 1. The predicted molar refractivity (Wildman–Crippen MR) is 126 cm³/mol. The van der Waals surface area contributed by atoms with Crippen LogP contribution in [0.2, 0.25) is 10.0 Å². The fraction of sp³-hybridized carbons (Fsp3) is 0.154. The average molecular weight is 453 g/mol. The minimum Gasteiger partial charge on any atom is -0.481 e. The number of benzene rings is 3. The Kier molecular flexibility index (Phi) is 7.67. The van der Waals surface area contributed by atoms with Crippen LogP contribution in [0.15, 0.2) is 84.9 Å². The zero-order chi connectivity index (χ0) is 22.3. The highest BCUT2D eigenvalue weighted by molar-refractivity contribution is 6.30. The zero-order valence-electron chi connectivity index (χ0n) is 16.8. The van der Waals surface area contributed by atoms with Crippen molar-refractivity contribution in [2.75, 3.05) is 0 Å². The molecule has 0 amide bonds. The van der Waals surface area contributed by atoms with E-state index in [-0.39, 0.29) is 18.6 Å². The molecule has 0 aliphatic carbocycles. The number of aliphatic carboxylic acids is 1. The van der Waals surface area contributed by atoms with E-state index in [2.05, 4.69) is 0 Å². The van der Waals surface area contributed by atoms with Gasteiger partial charge in [0.25, 0.3) is 0 Å². The van der Waals surface area contributed by atoms with E-state index < -0.39 is 11.4 Å². The van der Waals surface area contributed by atoms with Gasteiger partial charge in [0.05, 0.1) is 5.41 Å². The summed E-state index contributed by atoms with van der Waals surface area (Å²) in [4.78, 5) is 25.1. The van der Waals surface area contributed by atoms with Crippen LogP contribution in [-0.4, -0.2) is 16.9 Å². The largest absolute Gasteiger partial charge is 0.481 e. The van der Waals surface area contributed by atoms with Crippen LogP contribution in [0.25, 0.3) is 6.08 Å². The van der Waals surface area contributed by atoms with Gasteiger partial charge in [0, 0.05) is 16.5 Å². The number of halogens is 2. The van der Waals surface area contributed by atoms with Gasteiger partial charge in [0.1, 0.15) is 0 Å². The van der Waals surface area contributed by atoms with Crippen molar-refractivity contribution in [1.82, 2.24) is 0 Å². The molecule has 0 radical (unpaired) electrons. The topological polar surface area (TPSA) is 54.4 Å². The smallest absolute Gasteiger partial charge is 0.303 e. The summed E-state index contributed by atoms with van der Waals surface area (Å²) in [6.45, 7) is 0. The maximum absolute atomic E-state index is 13.7. The maximum atomic E-state index is 13.7. The summed E-state index contributed by atoms with van der Waals surface area (Å²) in [5.74, 6) is -1.10. The lowest BCUT2D eigenvalue weighted by Gasteiger charge is -2.32. The molecule has 3 rings (SSSR count). The van der Waals surface area contributed by atoms with Crippen molar-refractivity contribution in [3.63, 3.8) is 0 Å². The lowest BCUT2D eigenvalue weighted by Crippen LogP contribution is -2.38. The first kappa shape index (κ1) is 22.8. The van der Waals surface area contributed by atoms with Crippen molar-refractivity contribution in [3.05, 3.63) is 112 Å². The molecule has 0 aliphatic heterocycles. The van der Waals surface area contributed by atoms with Crippen molar-refractivity contribution < 1.29 is 14.7 Å². The first-order chi connectivity index (χ1) is 14.9. The minimum atomic E-state index is -1.03. The summed E-state index contributed by atoms with van der Waals surface area (Å²) in [5, 5.41) is 10.6. The first-order valence-corrected chi connectivity index (χ1v) is 10.6. The molecular formula is C26H22Cl2O3. The summed E-state index contributed by atoms with van der Waals surface area (Å²) < 4.78 is 0. The van der Waals surface area contributed by atoms with E-state index in [1.54, 1.807) is 24.3 Å². The monoisotopic (exact) mass is 452 g/mol. The zero-order valence-corrected chi connectivity index (χ0v) is 18.3. The molecule has 1 unspecified atom stereocenters. The number of hydrogen-bond donors (Lipinski definition) is 1. The van der Waals surface area contributed by atoms with Crippen molar-refractivity contribution in [3.8, 4) is 0 Å². The molecule has 0 saturated heterocycles. The van der Waals surface area contributed by atoms with Gasteiger partial charge in [-0.2, -0.15) is 0 Å². The van der Waals surface area contributed by atoms with Gasteiger partial charge in [-0.1, -0.05) is 83.9 Å². The van der Waals surface area contributed by atoms with Crippen molar-refractivity contribution in [2.45, 2.75) is 24.7 Å². The Hall–Kier alpha value is -2.88. The number of carboxylic acids is 1. The Balaban J connectivity index is 2.06. The van der Waals surface area contributed by atoms with Crippen LogP contribution in [-0.2, 0) is 21.4 Å². The number of carbonyl (C=O) groups is 2. The highest BCUT2D eigenvalue weighted by Crippen LogP contribution is 2.36. The van der Waals surface area contributed by atoms with Crippen LogP contribution in [0.1, 0.15) is 29.5 Å². The molecule has 3 aromatic rings. The third kappa shape index (κ3) is 6.06. The van der Waals surface area contributed by atoms with Gasteiger partial charge in [0.2, 0.25) is 0 Å². The molecule has 0 fully saturated rings. The second-order valence-corrected chi connectivity index (χ2v) is 8.27. The van der Waals surface area contributed by atoms with E-state index in [4.69, 9.17) is 23.2 Å². The average Bonchev–Trinajstić information content (AvgIpc) is 2.76. The molecular weight excluding hydrogens is 431 g/mol. The number of ketones is 1. The van der Waals surface area contributed by atoms with Gasteiger partial charge in [0.15, 0.2) is 5.78 Å². The van der Waals surface area contributed by atoms with Gasteiger partial charge < -0.3 is 5.11 Å². The Morgan fingerprint density at radius 1 is 0.871 bits per heavy atom. The fourth-order valence-electron chi connectivity index (χ4n) is 3.67. The molecule has 1 N–H and O–H groups in total. The molecule has 5 heteroatoms. The molecule has 3 aromatic carbocycles. The van der Waals surface area contributed by atoms with Crippen molar-refractivity contribution >= 4 is 41.0 Å². The summed E-state index contributed by atoms with van der Waals surface area (Å²) in [5.41, 5.74) is 1.45. The molecule has 0 bridgehead atoms. The number of carbonyl (C=O) groups excluding carboxylic acids is 1. The first-order valence-electron chi connectivity index (χ1n) is 9.89. The Morgan fingerprint density at radius 2 is 1.58 bits per heavy atom. The molecule has 1 atom stereocenters. The fourth-order valence-corrected chi connectivity index (χ4v) is 4.00. The van der Waals surface area contributed by atoms with E-state index in [9.17, 15) is 14.7 Å². The minimum absolute atomic E-state index is 0.129. The predicted octanol–water partition coefficient (Wildman–Crippen LogP) is 6.62. The van der Waals surface area contributed by atoms with Crippen LogP contribution in [0.5, 0.6) is 0 Å². The highest BCUT2D eigenvalue weighted by atomic mass is 35.5. The van der Waals surface area contributed by atoms with Crippen LogP contribution >= 0.6 is 23.2 Å². The second kappa shape index (κ2) is 10.4. The molecule has 3 nitrogen and oxygen atoms in total. The second-order valence-electron chi connectivity index (χ2n) is 7.40. The van der Waals surface area contributed by atoms with Gasteiger partial charge >= 0.3 is 5.97 Å². The quantitative estimate of drug-likeness (QED) is 0.371. The lowest BCUT2D eigenvalue weighted by atomic mass is 9.69. The van der Waals surface area contributed by atoms with Crippen LogP contribution in [0, 0.1) is 0 Å². The highest BCUT2D eigenvalue weighted by Gasteiger charge is 2.39. The van der Waals surface area contributed by atoms with Gasteiger partial charge in [-0.05, 0) is 59.9 Å². The van der Waals surface area contributed by atoms with Gasteiger partial charge in [-0.25, -0.2) is 0 Å². The third-order valence-electron chi connectivity index (χ3n) is 5.26. The molecule has 0 aliphatic rings. The van der Waals surface area contributed by atoms with E-state index in [0.717, 1.165) is 16.7 Å². The van der Waals surface area contributed by atoms with Crippen molar-refractivity contribution in [2.24, 2.45) is 0 Å². The van der Waals surface area contributed by atoms with Crippen LogP contribution < -0.4 is 0 Å². The SMILES string of the molecule is O=C(O)CCC(Cc1cccc(Cl)c1)(C(=O)/C=C/c1ccc(Cl)cc1)c1ccccc1. The maximum Gasteiger partial charge on any atom is 0.303 e. The number of allylic oxidation sites excluding steroid dienone is 1. The van der Waals surface area contributed by atoms with Crippen molar-refractivity contribution in [1.29, 1.82) is 0 Å². The van der Waals surface area contributed by atoms with E-state index >= 15 is 0 Å². The van der Waals surface area contributed by atoms with E-state index in [0.29, 0.717) is 16.5 Å². The molecule has 0 heterocycles. The third-order valence-corrected chi connectivity index (χ3v) is 5.74. The van der Waals surface area contributed by atoms with Crippen LogP contribution in [0.3, 0.4) is 0 Å². The van der Waals surface area contributed by atoms with E-state index in [1.165, 1.54) is 6.08 Å². The molecule has 158 valence electrons. The standard InChI is InChI=1S/C26H22Cl2O3/c27-22-12-9-19(10-13-22)11-14-24(29)26(16-15-25(30)31,21-6-2-1-3-7-21)18-20-5-4-8-23(28)17-20/h1-14,17H,15-16,18H2,(H,30,31)/b14-11+.